The first-order valence-electron chi connectivity index (χ1n) is 16.3. The molecule has 0 N–H and O–H groups in total. The highest BCUT2D eigenvalue weighted by Crippen LogP contribution is 2.15. The van der Waals surface area contributed by atoms with Gasteiger partial charge in [-0.05, 0) is 18.8 Å². The summed E-state index contributed by atoms with van der Waals surface area (Å²) in [5.74, 6) is 0.884. The van der Waals surface area contributed by atoms with Crippen LogP contribution in [-0.2, 0) is 9.53 Å². The van der Waals surface area contributed by atoms with Gasteiger partial charge in [0.25, 0.3) is 0 Å². The molecule has 0 aromatic rings. The molecular weight excluding hydrogens is 428 g/mol. The van der Waals surface area contributed by atoms with E-state index in [9.17, 15) is 4.79 Å². The van der Waals surface area contributed by atoms with E-state index in [0.717, 1.165) is 18.8 Å². The lowest BCUT2D eigenvalue weighted by atomic mass is 10.0. The second-order valence-corrected chi connectivity index (χ2v) is 11.6. The fourth-order valence-electron chi connectivity index (χ4n) is 4.97. The smallest absolute Gasteiger partial charge is 0.305 e. The third-order valence-electron chi connectivity index (χ3n) is 7.42. The molecule has 0 aliphatic heterocycles. The van der Waals surface area contributed by atoms with Gasteiger partial charge in [0.05, 0.1) is 6.61 Å². The second-order valence-electron chi connectivity index (χ2n) is 11.6. The summed E-state index contributed by atoms with van der Waals surface area (Å²) in [5, 5.41) is 0. The fourth-order valence-corrected chi connectivity index (χ4v) is 4.97. The summed E-state index contributed by atoms with van der Waals surface area (Å²) >= 11 is 0. The van der Waals surface area contributed by atoms with Crippen molar-refractivity contribution in [2.45, 2.75) is 194 Å². The number of esters is 1. The van der Waals surface area contributed by atoms with Crippen LogP contribution in [-0.4, -0.2) is 12.6 Å². The fraction of sp³-hybridized carbons (Fsp3) is 0.970. The molecule has 0 saturated heterocycles. The van der Waals surface area contributed by atoms with Crippen LogP contribution < -0.4 is 0 Å². The topological polar surface area (TPSA) is 26.3 Å². The zero-order valence-electron chi connectivity index (χ0n) is 24.7. The Morgan fingerprint density at radius 3 is 1.23 bits per heavy atom. The molecule has 0 radical (unpaired) electrons. The monoisotopic (exact) mass is 495 g/mol. The summed E-state index contributed by atoms with van der Waals surface area (Å²) in [7, 11) is 0. The van der Waals surface area contributed by atoms with E-state index < -0.39 is 0 Å². The van der Waals surface area contributed by atoms with Gasteiger partial charge in [0.15, 0.2) is 0 Å². The van der Waals surface area contributed by atoms with Crippen LogP contribution in [0.25, 0.3) is 0 Å². The first-order chi connectivity index (χ1) is 17.2. The number of hydrogen-bond acceptors (Lipinski definition) is 2. The van der Waals surface area contributed by atoms with Gasteiger partial charge in [0, 0.05) is 6.42 Å². The lowest BCUT2D eigenvalue weighted by Gasteiger charge is -2.06. The average Bonchev–Trinajstić information content (AvgIpc) is 2.84. The molecule has 0 aliphatic carbocycles. The van der Waals surface area contributed by atoms with Crippen molar-refractivity contribution in [2.75, 3.05) is 6.61 Å². The van der Waals surface area contributed by atoms with Crippen molar-refractivity contribution in [2.24, 2.45) is 5.92 Å². The molecule has 0 amide bonds. The zero-order valence-corrected chi connectivity index (χ0v) is 24.7. The van der Waals surface area contributed by atoms with E-state index in [1.807, 2.05) is 0 Å². The molecule has 0 fully saturated rings. The minimum atomic E-state index is 0.0248. The van der Waals surface area contributed by atoms with Gasteiger partial charge in [-0.25, -0.2) is 0 Å². The molecule has 2 heteroatoms. The molecule has 0 aromatic carbocycles. The first-order valence-corrected chi connectivity index (χ1v) is 16.3. The van der Waals surface area contributed by atoms with E-state index in [4.69, 9.17) is 4.74 Å². The van der Waals surface area contributed by atoms with Crippen molar-refractivity contribution in [1.82, 2.24) is 0 Å². The minimum Gasteiger partial charge on any atom is -0.466 e. The summed E-state index contributed by atoms with van der Waals surface area (Å²) in [5.41, 5.74) is 0. The van der Waals surface area contributed by atoms with Crippen molar-refractivity contribution in [1.29, 1.82) is 0 Å². The van der Waals surface area contributed by atoms with Crippen molar-refractivity contribution in [3.05, 3.63) is 0 Å². The van der Waals surface area contributed by atoms with Crippen LogP contribution in [0.4, 0.5) is 0 Å². The standard InChI is InChI=1S/C33H66O2/c1-4-5-6-7-8-9-10-11-12-13-14-15-18-21-24-27-30-33(34)35-31-28-25-22-19-16-17-20-23-26-29-32(2)3/h32H,4-31H2,1-3H3. The molecule has 2 nitrogen and oxygen atoms in total. The predicted molar refractivity (Wildman–Crippen MR) is 156 cm³/mol. The van der Waals surface area contributed by atoms with Crippen molar-refractivity contribution >= 4 is 5.97 Å². The van der Waals surface area contributed by atoms with E-state index in [1.54, 1.807) is 0 Å². The third-order valence-corrected chi connectivity index (χ3v) is 7.42. The largest absolute Gasteiger partial charge is 0.466 e. The predicted octanol–water partition coefficient (Wildman–Crippen LogP) is 11.7. The van der Waals surface area contributed by atoms with Gasteiger partial charge in [-0.3, -0.25) is 4.79 Å². The maximum Gasteiger partial charge on any atom is 0.305 e. The number of carbonyl (C=O) groups excluding carboxylic acids is 1. The van der Waals surface area contributed by atoms with Gasteiger partial charge in [-0.1, -0.05) is 175 Å². The van der Waals surface area contributed by atoms with Crippen LogP contribution in [0, 0.1) is 5.92 Å². The van der Waals surface area contributed by atoms with Crippen LogP contribution in [0.5, 0.6) is 0 Å². The molecule has 0 unspecified atom stereocenters. The highest BCUT2D eigenvalue weighted by molar-refractivity contribution is 5.69. The molecule has 35 heavy (non-hydrogen) atoms. The summed E-state index contributed by atoms with van der Waals surface area (Å²) in [6.07, 6.45) is 35.8. The number of carbonyl (C=O) groups is 1. The quantitative estimate of drug-likeness (QED) is 0.0763. The molecular formula is C33H66O2. The molecule has 0 spiro atoms. The molecule has 0 saturated carbocycles. The van der Waals surface area contributed by atoms with Crippen molar-refractivity contribution in [3.63, 3.8) is 0 Å². The molecule has 0 rings (SSSR count). The van der Waals surface area contributed by atoms with E-state index in [-0.39, 0.29) is 5.97 Å². The van der Waals surface area contributed by atoms with Crippen LogP contribution in [0.1, 0.15) is 194 Å². The summed E-state index contributed by atoms with van der Waals surface area (Å²) in [4.78, 5) is 11.9. The summed E-state index contributed by atoms with van der Waals surface area (Å²) in [6.45, 7) is 7.56. The van der Waals surface area contributed by atoms with Gasteiger partial charge < -0.3 is 4.74 Å². The van der Waals surface area contributed by atoms with Crippen LogP contribution in [0.2, 0.25) is 0 Å². The zero-order chi connectivity index (χ0) is 25.7. The highest BCUT2D eigenvalue weighted by Gasteiger charge is 2.03. The minimum absolute atomic E-state index is 0.0248. The molecule has 210 valence electrons. The SMILES string of the molecule is CCCCCCCCCCCCCCCCCCC(=O)OCCCCCCCCCCCC(C)C. The number of hydrogen-bond donors (Lipinski definition) is 0. The molecule has 0 aromatic heterocycles. The molecule has 0 aliphatic rings. The van der Waals surface area contributed by atoms with Gasteiger partial charge in [0.2, 0.25) is 0 Å². The van der Waals surface area contributed by atoms with E-state index >= 15 is 0 Å². The molecule has 0 heterocycles. The Morgan fingerprint density at radius 2 is 0.829 bits per heavy atom. The molecule has 0 atom stereocenters. The van der Waals surface area contributed by atoms with Crippen LogP contribution in [0.3, 0.4) is 0 Å². The second kappa shape index (κ2) is 29.7. The summed E-state index contributed by atoms with van der Waals surface area (Å²) in [6, 6.07) is 0. The maximum absolute atomic E-state index is 11.9. The Labute approximate surface area is 222 Å². The third kappa shape index (κ3) is 31.4. The van der Waals surface area contributed by atoms with Gasteiger partial charge >= 0.3 is 5.97 Å². The van der Waals surface area contributed by atoms with Crippen molar-refractivity contribution in [3.8, 4) is 0 Å². The number of rotatable bonds is 29. The Kier molecular flexibility index (Phi) is 29.2. The van der Waals surface area contributed by atoms with Crippen molar-refractivity contribution < 1.29 is 9.53 Å². The lowest BCUT2D eigenvalue weighted by Crippen LogP contribution is -2.05. The van der Waals surface area contributed by atoms with Gasteiger partial charge in [-0.2, -0.15) is 0 Å². The Hall–Kier alpha value is -0.530. The van der Waals surface area contributed by atoms with E-state index in [2.05, 4.69) is 20.8 Å². The number of unbranched alkanes of at least 4 members (excludes halogenated alkanes) is 23. The highest BCUT2D eigenvalue weighted by atomic mass is 16.5. The lowest BCUT2D eigenvalue weighted by molar-refractivity contribution is -0.143. The maximum atomic E-state index is 11.9. The molecule has 0 bridgehead atoms. The average molecular weight is 495 g/mol. The van der Waals surface area contributed by atoms with Crippen LogP contribution in [0.15, 0.2) is 0 Å². The number of ether oxygens (including phenoxy) is 1. The normalized spacial score (nSPS) is 11.4. The summed E-state index contributed by atoms with van der Waals surface area (Å²) < 4.78 is 5.42. The van der Waals surface area contributed by atoms with E-state index in [0.29, 0.717) is 13.0 Å². The Balaban J connectivity index is 3.15. The van der Waals surface area contributed by atoms with E-state index in [1.165, 1.54) is 154 Å². The Bertz CT molecular complexity index is 404. The Morgan fingerprint density at radius 1 is 0.486 bits per heavy atom. The van der Waals surface area contributed by atoms with Gasteiger partial charge in [-0.15, -0.1) is 0 Å². The van der Waals surface area contributed by atoms with Gasteiger partial charge in [0.1, 0.15) is 0 Å². The first kappa shape index (κ1) is 34.5. The van der Waals surface area contributed by atoms with Crippen LogP contribution >= 0.6 is 0 Å².